The Morgan fingerprint density at radius 2 is 1.90 bits per heavy atom. The normalized spacial score (nSPS) is 11.1. The number of nitrogens with zero attached hydrogens (tertiary/aromatic N) is 2. The lowest BCUT2D eigenvalue weighted by Gasteiger charge is -2.19. The van der Waals surface area contributed by atoms with Gasteiger partial charge in [-0.15, -0.1) is 0 Å². The molecule has 0 radical (unpaired) electrons. The topological polar surface area (TPSA) is 124 Å². The smallest absolute Gasteiger partial charge is 0.265 e. The number of hydrogen-bond acceptors (Lipinski definition) is 5. The van der Waals surface area contributed by atoms with Gasteiger partial charge in [-0.05, 0) is 37.6 Å². The third-order valence-corrected chi connectivity index (χ3v) is 4.65. The van der Waals surface area contributed by atoms with Crippen LogP contribution in [0.4, 0.5) is 14.6 Å². The second-order valence-corrected chi connectivity index (χ2v) is 6.54. The third-order valence-electron chi connectivity index (χ3n) is 4.65. The van der Waals surface area contributed by atoms with E-state index in [1.807, 2.05) is 0 Å². The van der Waals surface area contributed by atoms with Gasteiger partial charge in [0, 0.05) is 29.1 Å². The van der Waals surface area contributed by atoms with E-state index >= 15 is 0 Å². The van der Waals surface area contributed by atoms with Crippen molar-refractivity contribution in [2.24, 2.45) is 5.73 Å². The van der Waals surface area contributed by atoms with Crippen molar-refractivity contribution in [1.29, 1.82) is 0 Å². The van der Waals surface area contributed by atoms with Crippen LogP contribution in [0, 0.1) is 13.8 Å². The number of phenolic OH excluding ortho intramolecular Hbond substituents is 1. The number of anilines is 1. The number of nitrogens with two attached hydrogens (primary N) is 2. The predicted molar refractivity (Wildman–Crippen MR) is 104 cm³/mol. The van der Waals surface area contributed by atoms with Gasteiger partial charge in [-0.2, -0.15) is 0 Å². The molecule has 0 aliphatic rings. The summed E-state index contributed by atoms with van der Waals surface area (Å²) in [7, 11) is 0. The first-order valence-electron chi connectivity index (χ1n) is 8.51. The van der Waals surface area contributed by atoms with E-state index in [1.165, 1.54) is 12.3 Å². The van der Waals surface area contributed by atoms with Gasteiger partial charge < -0.3 is 16.6 Å². The average Bonchev–Trinajstić information content (AvgIpc) is 2.67. The van der Waals surface area contributed by atoms with E-state index in [0.29, 0.717) is 11.1 Å². The zero-order valence-corrected chi connectivity index (χ0v) is 15.6. The summed E-state index contributed by atoms with van der Waals surface area (Å²) in [6.45, 7) is 3.28. The number of aromatic nitrogens is 2. The first-order chi connectivity index (χ1) is 13.6. The lowest BCUT2D eigenvalue weighted by Crippen LogP contribution is -2.28. The summed E-state index contributed by atoms with van der Waals surface area (Å²) in [5.74, 6) is -1.20. The molecule has 7 nitrogen and oxygen atoms in total. The summed E-state index contributed by atoms with van der Waals surface area (Å²) < 4.78 is 27.2. The fourth-order valence-electron chi connectivity index (χ4n) is 3.15. The van der Waals surface area contributed by atoms with Crippen molar-refractivity contribution in [2.45, 2.75) is 20.3 Å². The van der Waals surface area contributed by atoms with Crippen molar-refractivity contribution in [3.63, 3.8) is 0 Å². The van der Waals surface area contributed by atoms with Crippen molar-refractivity contribution in [2.75, 3.05) is 5.73 Å². The largest absolute Gasteiger partial charge is 0.508 e. The zero-order chi connectivity index (χ0) is 21.5. The number of phenols is 1. The Balaban J connectivity index is 2.44. The Kier molecular flexibility index (Phi) is 5.06. The molecule has 1 amide bonds. The number of carbonyl (C=O) groups excluding carboxylic acids is 1. The average molecular weight is 400 g/mol. The first kappa shape index (κ1) is 20.0. The quantitative estimate of drug-likeness (QED) is 0.621. The van der Waals surface area contributed by atoms with Crippen LogP contribution < -0.4 is 17.0 Å². The van der Waals surface area contributed by atoms with Crippen molar-refractivity contribution >= 4 is 11.7 Å². The number of carbonyl (C=O) groups is 1. The number of halogens is 2. The Morgan fingerprint density at radius 1 is 1.21 bits per heavy atom. The maximum absolute atomic E-state index is 13.3. The van der Waals surface area contributed by atoms with Crippen LogP contribution in [-0.2, 0) is 0 Å². The number of amides is 1. The number of primary amides is 1. The molecule has 3 rings (SSSR count). The van der Waals surface area contributed by atoms with Gasteiger partial charge in [0.05, 0.1) is 16.8 Å². The van der Waals surface area contributed by atoms with Gasteiger partial charge in [0.15, 0.2) is 0 Å². The fraction of sp³-hybridized carbons (Fsp3) is 0.150. The lowest BCUT2D eigenvalue weighted by atomic mass is 10.0. The minimum atomic E-state index is -2.79. The molecule has 0 atom stereocenters. The molecule has 29 heavy (non-hydrogen) atoms. The van der Waals surface area contributed by atoms with Crippen molar-refractivity contribution in [1.82, 2.24) is 9.55 Å². The highest BCUT2D eigenvalue weighted by Crippen LogP contribution is 2.30. The van der Waals surface area contributed by atoms with Crippen LogP contribution in [0.3, 0.4) is 0 Å². The predicted octanol–water partition coefficient (Wildman–Crippen LogP) is 2.84. The van der Waals surface area contributed by atoms with Crippen LogP contribution >= 0.6 is 0 Å². The number of aryl methyl sites for hydroxylation is 1. The van der Waals surface area contributed by atoms with Crippen LogP contribution in [0.15, 0.2) is 41.5 Å². The Hall–Kier alpha value is -3.75. The van der Waals surface area contributed by atoms with E-state index in [2.05, 4.69) is 4.98 Å². The molecule has 0 unspecified atom stereocenters. The van der Waals surface area contributed by atoms with E-state index in [9.17, 15) is 23.5 Å². The van der Waals surface area contributed by atoms with Gasteiger partial charge in [0.1, 0.15) is 11.6 Å². The van der Waals surface area contributed by atoms with E-state index in [-0.39, 0.29) is 39.5 Å². The highest BCUT2D eigenvalue weighted by Gasteiger charge is 2.22. The van der Waals surface area contributed by atoms with Gasteiger partial charge in [-0.3, -0.25) is 19.1 Å². The Morgan fingerprint density at radius 3 is 2.52 bits per heavy atom. The highest BCUT2D eigenvalue weighted by molar-refractivity contribution is 5.98. The van der Waals surface area contributed by atoms with E-state index in [4.69, 9.17) is 11.5 Å². The van der Waals surface area contributed by atoms with Crippen molar-refractivity contribution < 1.29 is 18.7 Å². The third kappa shape index (κ3) is 3.42. The summed E-state index contributed by atoms with van der Waals surface area (Å²) >= 11 is 0. The molecule has 5 N–H and O–H groups in total. The fourth-order valence-corrected chi connectivity index (χ4v) is 3.15. The number of benzene rings is 1. The SMILES string of the molecule is Cc1ccc(O)c(C)c1-n1c(N)c(C(N)=O)cc(-c2cncc(C(F)F)c2)c1=O. The molecule has 2 aromatic heterocycles. The number of pyridine rings is 2. The molecule has 0 aliphatic heterocycles. The number of hydrogen-bond donors (Lipinski definition) is 3. The number of rotatable bonds is 4. The van der Waals surface area contributed by atoms with Crippen LogP contribution in [0.1, 0.15) is 33.5 Å². The van der Waals surface area contributed by atoms with E-state index < -0.39 is 17.9 Å². The minimum Gasteiger partial charge on any atom is -0.508 e. The monoisotopic (exact) mass is 400 g/mol. The van der Waals surface area contributed by atoms with Gasteiger partial charge in [0.25, 0.3) is 17.9 Å². The number of aromatic hydroxyl groups is 1. The number of nitrogen functional groups attached to an aromatic ring is 1. The molecule has 0 saturated heterocycles. The lowest BCUT2D eigenvalue weighted by molar-refractivity contribution is 0.100. The van der Waals surface area contributed by atoms with Crippen LogP contribution in [0.2, 0.25) is 0 Å². The number of alkyl halides is 2. The molecule has 150 valence electrons. The summed E-state index contributed by atoms with van der Waals surface area (Å²) in [5.41, 5.74) is 11.5. The maximum atomic E-state index is 13.3. The molecule has 2 heterocycles. The Labute approximate surface area is 164 Å². The molecule has 0 fully saturated rings. The molecule has 1 aromatic carbocycles. The molecule has 0 aliphatic carbocycles. The second kappa shape index (κ2) is 7.34. The molecule has 0 bridgehead atoms. The van der Waals surface area contributed by atoms with Crippen molar-refractivity contribution in [3.05, 3.63) is 69.3 Å². The highest BCUT2D eigenvalue weighted by atomic mass is 19.3. The van der Waals surface area contributed by atoms with E-state index in [1.54, 1.807) is 19.9 Å². The zero-order valence-electron chi connectivity index (χ0n) is 15.6. The maximum Gasteiger partial charge on any atom is 0.265 e. The molecule has 3 aromatic rings. The van der Waals surface area contributed by atoms with Crippen LogP contribution in [0.25, 0.3) is 16.8 Å². The van der Waals surface area contributed by atoms with E-state index in [0.717, 1.165) is 22.9 Å². The van der Waals surface area contributed by atoms with Gasteiger partial charge in [-0.25, -0.2) is 8.78 Å². The van der Waals surface area contributed by atoms with Crippen LogP contribution in [-0.4, -0.2) is 20.6 Å². The molecular weight excluding hydrogens is 382 g/mol. The van der Waals surface area contributed by atoms with Crippen LogP contribution in [0.5, 0.6) is 5.75 Å². The summed E-state index contributed by atoms with van der Waals surface area (Å²) in [6.07, 6.45) is -0.567. The summed E-state index contributed by atoms with van der Waals surface area (Å²) in [4.78, 5) is 29.0. The van der Waals surface area contributed by atoms with Crippen molar-refractivity contribution in [3.8, 4) is 22.6 Å². The first-order valence-corrected chi connectivity index (χ1v) is 8.51. The van der Waals surface area contributed by atoms with Gasteiger partial charge in [-0.1, -0.05) is 6.07 Å². The second-order valence-electron chi connectivity index (χ2n) is 6.54. The molecular formula is C20H18F2N4O3. The summed E-state index contributed by atoms with van der Waals surface area (Å²) in [6, 6.07) is 5.32. The van der Waals surface area contributed by atoms with Gasteiger partial charge >= 0.3 is 0 Å². The molecule has 0 spiro atoms. The van der Waals surface area contributed by atoms with Gasteiger partial charge in [0.2, 0.25) is 0 Å². The molecule has 0 saturated carbocycles. The Bertz CT molecular complexity index is 1190. The standard InChI is InChI=1S/C20H18F2N4O3/c1-9-3-4-15(27)10(2)16(9)26-18(23)14(19(24)28)6-13(20(26)29)11-5-12(17(21)22)8-25-7-11/h3-8,17,27H,23H2,1-2H3,(H2,24,28). The molecule has 9 heteroatoms. The minimum absolute atomic E-state index is 0.0786. The summed E-state index contributed by atoms with van der Waals surface area (Å²) in [5, 5.41) is 10.1.